The summed E-state index contributed by atoms with van der Waals surface area (Å²) in [5.74, 6) is 0. The van der Waals surface area contributed by atoms with Gasteiger partial charge in [0.15, 0.2) is 0 Å². The fraction of sp³-hybridized carbons (Fsp3) is 0.222. The zero-order valence-electron chi connectivity index (χ0n) is 7.40. The molecule has 2 N–H and O–H groups in total. The molecule has 0 spiro atoms. The molecule has 0 aromatic heterocycles. The van der Waals surface area contributed by atoms with Crippen molar-refractivity contribution in [2.45, 2.75) is 12.7 Å². The highest BCUT2D eigenvalue weighted by molar-refractivity contribution is 14.1. The van der Waals surface area contributed by atoms with E-state index in [1.807, 2.05) is 0 Å². The Morgan fingerprint density at radius 2 is 2.00 bits per heavy atom. The van der Waals surface area contributed by atoms with Crippen LogP contribution in [0.25, 0.3) is 0 Å². The Bertz CT molecular complexity index is 421. The van der Waals surface area contributed by atoms with Crippen molar-refractivity contribution in [3.63, 3.8) is 0 Å². The number of nitrogens with zero attached hydrogens (tertiary/aromatic N) is 1. The van der Waals surface area contributed by atoms with Crippen molar-refractivity contribution in [2.75, 3.05) is 0 Å². The molecule has 0 aliphatic carbocycles. The summed E-state index contributed by atoms with van der Waals surface area (Å²) in [4.78, 5) is 0. The molecule has 15 heavy (non-hydrogen) atoms. The van der Waals surface area contributed by atoms with Crippen LogP contribution in [0.4, 0.5) is 13.2 Å². The van der Waals surface area contributed by atoms with Gasteiger partial charge in [-0.25, -0.2) is 0 Å². The minimum absolute atomic E-state index is 0.0229. The van der Waals surface area contributed by atoms with Gasteiger partial charge >= 0.3 is 6.18 Å². The van der Waals surface area contributed by atoms with Crippen LogP contribution in [-0.4, -0.2) is 0 Å². The van der Waals surface area contributed by atoms with Crippen molar-refractivity contribution < 1.29 is 13.2 Å². The second kappa shape index (κ2) is 4.37. The number of rotatable bonds is 1. The Hall–Kier alpha value is -0.810. The van der Waals surface area contributed by atoms with Crippen molar-refractivity contribution in [2.24, 2.45) is 5.73 Å². The number of hydrogen-bond acceptors (Lipinski definition) is 2. The smallest absolute Gasteiger partial charge is 0.326 e. The van der Waals surface area contributed by atoms with Crippen molar-refractivity contribution in [1.82, 2.24) is 0 Å². The van der Waals surface area contributed by atoms with Crippen molar-refractivity contribution >= 4 is 22.6 Å². The molecule has 2 nitrogen and oxygen atoms in total. The van der Waals surface area contributed by atoms with Crippen LogP contribution < -0.4 is 5.73 Å². The van der Waals surface area contributed by atoms with Crippen LogP contribution >= 0.6 is 22.6 Å². The molecule has 0 atom stereocenters. The molecule has 0 aliphatic rings. The quantitative estimate of drug-likeness (QED) is 0.807. The molecular weight excluding hydrogens is 320 g/mol. The van der Waals surface area contributed by atoms with Gasteiger partial charge in [0.25, 0.3) is 0 Å². The van der Waals surface area contributed by atoms with E-state index in [2.05, 4.69) is 0 Å². The summed E-state index contributed by atoms with van der Waals surface area (Å²) in [6.45, 7) is 0.0526. The van der Waals surface area contributed by atoms with Gasteiger partial charge in [-0.15, -0.1) is 0 Å². The van der Waals surface area contributed by atoms with Crippen LogP contribution in [-0.2, 0) is 12.7 Å². The number of benzene rings is 1. The summed E-state index contributed by atoms with van der Waals surface area (Å²) < 4.78 is 37.4. The van der Waals surface area contributed by atoms with E-state index in [4.69, 9.17) is 11.0 Å². The number of halogens is 4. The minimum Gasteiger partial charge on any atom is -0.326 e. The molecule has 0 saturated heterocycles. The SMILES string of the molecule is N#Cc1cc(C(F)(F)F)c(I)cc1CN. The molecule has 0 bridgehead atoms. The van der Waals surface area contributed by atoms with Crippen LogP contribution in [0.5, 0.6) is 0 Å². The maximum atomic E-state index is 12.5. The zero-order chi connectivity index (χ0) is 11.6. The predicted octanol–water partition coefficient (Wildman–Crippen LogP) is 2.64. The second-order valence-corrected chi connectivity index (χ2v) is 3.97. The van der Waals surface area contributed by atoms with E-state index in [0.717, 1.165) is 6.07 Å². The lowest BCUT2D eigenvalue weighted by Crippen LogP contribution is -2.10. The summed E-state index contributed by atoms with van der Waals surface area (Å²) in [7, 11) is 0. The van der Waals surface area contributed by atoms with Crippen LogP contribution in [0, 0.1) is 14.9 Å². The lowest BCUT2D eigenvalue weighted by Gasteiger charge is -2.11. The van der Waals surface area contributed by atoms with E-state index in [9.17, 15) is 13.2 Å². The maximum Gasteiger partial charge on any atom is 0.417 e. The molecule has 1 rings (SSSR count). The molecule has 6 heteroatoms. The van der Waals surface area contributed by atoms with Crippen LogP contribution in [0.15, 0.2) is 12.1 Å². The highest BCUT2D eigenvalue weighted by atomic mass is 127. The van der Waals surface area contributed by atoms with Crippen molar-refractivity contribution in [3.05, 3.63) is 32.4 Å². The predicted molar refractivity (Wildman–Crippen MR) is 56.8 cm³/mol. The first-order valence-corrected chi connectivity index (χ1v) is 4.97. The average Bonchev–Trinajstić information content (AvgIpc) is 2.15. The van der Waals surface area contributed by atoms with Gasteiger partial charge in [0, 0.05) is 10.1 Å². The molecule has 80 valence electrons. The first-order chi connectivity index (χ1) is 6.90. The fourth-order valence-electron chi connectivity index (χ4n) is 1.10. The lowest BCUT2D eigenvalue weighted by atomic mass is 10.0. The van der Waals surface area contributed by atoms with E-state index >= 15 is 0 Å². The van der Waals surface area contributed by atoms with E-state index in [1.54, 1.807) is 28.7 Å². The first kappa shape index (κ1) is 12.3. The Labute approximate surface area is 98.0 Å². The summed E-state index contributed by atoms with van der Waals surface area (Å²) in [5.41, 5.74) is 4.93. The second-order valence-electron chi connectivity index (χ2n) is 2.80. The van der Waals surface area contributed by atoms with E-state index < -0.39 is 11.7 Å². The number of hydrogen-bond donors (Lipinski definition) is 1. The third kappa shape index (κ3) is 2.60. The third-order valence-corrected chi connectivity index (χ3v) is 2.73. The Morgan fingerprint density at radius 1 is 1.40 bits per heavy atom. The monoisotopic (exact) mass is 326 g/mol. The van der Waals surface area contributed by atoms with Crippen LogP contribution in [0.1, 0.15) is 16.7 Å². The standard InChI is InChI=1S/C9H6F3IN2/c10-9(11,12)7-1-5(3-14)6(4-15)2-8(7)13/h1-2H,4,15H2. The first-order valence-electron chi connectivity index (χ1n) is 3.90. The Kier molecular flexibility index (Phi) is 3.57. The third-order valence-electron chi connectivity index (χ3n) is 1.84. The molecule has 0 unspecified atom stereocenters. The van der Waals surface area contributed by atoms with E-state index in [1.165, 1.54) is 6.07 Å². The highest BCUT2D eigenvalue weighted by Crippen LogP contribution is 2.34. The highest BCUT2D eigenvalue weighted by Gasteiger charge is 2.33. The number of nitrogens with two attached hydrogens (primary N) is 1. The lowest BCUT2D eigenvalue weighted by molar-refractivity contribution is -0.138. The topological polar surface area (TPSA) is 49.8 Å². The summed E-state index contributed by atoms with van der Waals surface area (Å²) >= 11 is 1.58. The van der Waals surface area contributed by atoms with Crippen LogP contribution in [0.3, 0.4) is 0 Å². The van der Waals surface area contributed by atoms with Gasteiger partial charge in [0.1, 0.15) is 0 Å². The van der Waals surface area contributed by atoms with Crippen molar-refractivity contribution in [3.8, 4) is 6.07 Å². The molecule has 0 aliphatic heterocycles. The van der Waals surface area contributed by atoms with Gasteiger partial charge in [0.2, 0.25) is 0 Å². The van der Waals surface area contributed by atoms with Crippen molar-refractivity contribution in [1.29, 1.82) is 5.26 Å². The van der Waals surface area contributed by atoms with Gasteiger partial charge in [-0.1, -0.05) is 0 Å². The normalized spacial score (nSPS) is 11.2. The van der Waals surface area contributed by atoms with E-state index in [0.29, 0.717) is 5.56 Å². The fourth-order valence-corrected chi connectivity index (χ4v) is 1.94. The summed E-state index contributed by atoms with van der Waals surface area (Å²) in [6, 6.07) is 3.83. The van der Waals surface area contributed by atoms with Gasteiger partial charge in [-0.3, -0.25) is 0 Å². The molecule has 0 amide bonds. The van der Waals surface area contributed by atoms with Gasteiger partial charge in [-0.05, 0) is 40.3 Å². The summed E-state index contributed by atoms with van der Waals surface area (Å²) in [6.07, 6.45) is -4.44. The summed E-state index contributed by atoms with van der Waals surface area (Å²) in [5, 5.41) is 8.66. The van der Waals surface area contributed by atoms with Gasteiger partial charge < -0.3 is 5.73 Å². The Morgan fingerprint density at radius 3 is 2.40 bits per heavy atom. The molecule has 0 saturated carbocycles. The Balaban J connectivity index is 3.41. The molecule has 0 fully saturated rings. The molecule has 1 aromatic rings. The van der Waals surface area contributed by atoms with E-state index in [-0.39, 0.29) is 15.7 Å². The molecule has 0 heterocycles. The number of alkyl halides is 3. The average molecular weight is 326 g/mol. The largest absolute Gasteiger partial charge is 0.417 e. The van der Waals surface area contributed by atoms with Crippen LogP contribution in [0.2, 0.25) is 0 Å². The maximum absolute atomic E-state index is 12.5. The molecule has 1 aromatic carbocycles. The van der Waals surface area contributed by atoms with Gasteiger partial charge in [0.05, 0.1) is 17.2 Å². The van der Waals surface area contributed by atoms with Gasteiger partial charge in [-0.2, -0.15) is 18.4 Å². The minimum atomic E-state index is -4.44. The number of nitriles is 1. The zero-order valence-corrected chi connectivity index (χ0v) is 9.56. The molecular formula is C9H6F3IN2. The molecule has 0 radical (unpaired) electrons.